The smallest absolute Gasteiger partial charge is 0.123 e. The zero-order valence-corrected chi connectivity index (χ0v) is 12.0. The molecule has 0 aliphatic carbocycles. The number of aliphatic hydroxyl groups excluding tert-OH is 3. The first kappa shape index (κ1) is 16.2. The number of ether oxygens (including phenoxy) is 1. The average molecular weight is 297 g/mol. The van der Waals surface area contributed by atoms with Crippen LogP contribution in [0.15, 0.2) is 30.3 Å². The molecule has 2 rings (SSSR count). The van der Waals surface area contributed by atoms with E-state index in [0.717, 1.165) is 5.69 Å². The highest BCUT2D eigenvalue weighted by Gasteiger charge is 2.51. The Labute approximate surface area is 124 Å². The lowest BCUT2D eigenvalue weighted by molar-refractivity contribution is -0.252. The van der Waals surface area contributed by atoms with E-state index in [1.165, 1.54) is 0 Å². The van der Waals surface area contributed by atoms with Gasteiger partial charge in [-0.15, -0.1) is 0 Å². The third kappa shape index (κ3) is 3.53. The molecule has 0 radical (unpaired) electrons. The molecule has 1 fully saturated rings. The minimum atomic E-state index is -1.70. The second-order valence-electron chi connectivity index (χ2n) is 5.62. The van der Waals surface area contributed by atoms with E-state index in [2.05, 4.69) is 5.32 Å². The van der Waals surface area contributed by atoms with Crippen molar-refractivity contribution in [2.24, 2.45) is 0 Å². The van der Waals surface area contributed by atoms with Crippen molar-refractivity contribution in [2.45, 2.75) is 43.3 Å². The van der Waals surface area contributed by atoms with Gasteiger partial charge in [-0.25, -0.2) is 0 Å². The second kappa shape index (κ2) is 6.72. The molecule has 6 heteroatoms. The third-order valence-corrected chi connectivity index (χ3v) is 3.89. The zero-order chi connectivity index (χ0) is 15.5. The summed E-state index contributed by atoms with van der Waals surface area (Å²) in [4.78, 5) is 0. The standard InChI is InChI=1S/C15H23NO5/c1-10(16-11-5-3-2-4-6-11)7-15(20)13(8-17)21-9-12(18)14(15)19/h2-6,10,12-14,16-20H,7-9H2,1H3/t10?,12-,13+,14+,15+/m0/s1. The van der Waals surface area contributed by atoms with Crippen LogP contribution in [0.3, 0.4) is 0 Å². The fraction of sp³-hybridized carbons (Fsp3) is 0.600. The van der Waals surface area contributed by atoms with E-state index in [1.807, 2.05) is 37.3 Å². The summed E-state index contributed by atoms with van der Waals surface area (Å²) < 4.78 is 5.24. The van der Waals surface area contributed by atoms with E-state index in [0.29, 0.717) is 0 Å². The van der Waals surface area contributed by atoms with Gasteiger partial charge in [-0.2, -0.15) is 0 Å². The van der Waals surface area contributed by atoms with Gasteiger partial charge in [-0.1, -0.05) is 18.2 Å². The molecule has 0 aromatic heterocycles. The first-order valence-electron chi connectivity index (χ1n) is 7.10. The highest BCUT2D eigenvalue weighted by molar-refractivity contribution is 5.43. The van der Waals surface area contributed by atoms with Crippen molar-refractivity contribution < 1.29 is 25.2 Å². The minimum absolute atomic E-state index is 0.102. The molecule has 0 saturated carbocycles. The van der Waals surface area contributed by atoms with Gasteiger partial charge >= 0.3 is 0 Å². The van der Waals surface area contributed by atoms with Crippen LogP contribution in [0.2, 0.25) is 0 Å². The topological polar surface area (TPSA) is 102 Å². The number of hydrogen-bond donors (Lipinski definition) is 5. The van der Waals surface area contributed by atoms with E-state index in [4.69, 9.17) is 4.74 Å². The number of benzene rings is 1. The van der Waals surface area contributed by atoms with Gasteiger partial charge < -0.3 is 30.5 Å². The van der Waals surface area contributed by atoms with Gasteiger partial charge in [0.15, 0.2) is 0 Å². The molecule has 0 amide bonds. The molecule has 1 saturated heterocycles. The van der Waals surface area contributed by atoms with E-state index in [9.17, 15) is 20.4 Å². The number of para-hydroxylation sites is 1. The lowest BCUT2D eigenvalue weighted by Crippen LogP contribution is -2.65. The quantitative estimate of drug-likeness (QED) is 0.512. The van der Waals surface area contributed by atoms with Crippen LogP contribution in [0.5, 0.6) is 0 Å². The van der Waals surface area contributed by atoms with Crippen LogP contribution in [0.4, 0.5) is 5.69 Å². The summed E-state index contributed by atoms with van der Waals surface area (Å²) in [7, 11) is 0. The fourth-order valence-electron chi connectivity index (χ4n) is 2.80. The third-order valence-electron chi connectivity index (χ3n) is 3.89. The molecule has 6 nitrogen and oxygen atoms in total. The molecule has 0 spiro atoms. The van der Waals surface area contributed by atoms with Crippen LogP contribution in [-0.2, 0) is 4.74 Å². The molecular formula is C15H23NO5. The molecule has 5 atom stereocenters. The van der Waals surface area contributed by atoms with Crippen LogP contribution < -0.4 is 5.32 Å². The highest BCUT2D eigenvalue weighted by Crippen LogP contribution is 2.31. The maximum atomic E-state index is 10.7. The Morgan fingerprint density at radius 2 is 2.00 bits per heavy atom. The predicted octanol–water partition coefficient (Wildman–Crippen LogP) is -0.279. The van der Waals surface area contributed by atoms with Crippen LogP contribution in [0.25, 0.3) is 0 Å². The van der Waals surface area contributed by atoms with Gasteiger partial charge in [0.05, 0.1) is 13.2 Å². The lowest BCUT2D eigenvalue weighted by atomic mass is 9.80. The van der Waals surface area contributed by atoms with Crippen molar-refractivity contribution in [2.75, 3.05) is 18.5 Å². The number of hydrogen-bond acceptors (Lipinski definition) is 6. The van der Waals surface area contributed by atoms with E-state index >= 15 is 0 Å². The van der Waals surface area contributed by atoms with E-state index in [1.54, 1.807) is 0 Å². The van der Waals surface area contributed by atoms with Crippen LogP contribution in [0, 0.1) is 0 Å². The summed E-state index contributed by atoms with van der Waals surface area (Å²) in [6.45, 7) is 1.33. The second-order valence-corrected chi connectivity index (χ2v) is 5.62. The van der Waals surface area contributed by atoms with Crippen molar-refractivity contribution in [1.82, 2.24) is 0 Å². The molecule has 1 heterocycles. The number of nitrogens with one attached hydrogen (secondary N) is 1. The number of anilines is 1. The summed E-state index contributed by atoms with van der Waals surface area (Å²) in [6.07, 6.45) is -3.31. The first-order valence-corrected chi connectivity index (χ1v) is 7.10. The van der Waals surface area contributed by atoms with E-state index < -0.39 is 30.5 Å². The molecule has 1 aliphatic rings. The lowest BCUT2D eigenvalue weighted by Gasteiger charge is -2.46. The first-order chi connectivity index (χ1) is 9.97. The fourth-order valence-corrected chi connectivity index (χ4v) is 2.80. The van der Waals surface area contributed by atoms with Gasteiger partial charge in [-0.05, 0) is 19.1 Å². The van der Waals surface area contributed by atoms with Gasteiger partial charge in [0, 0.05) is 18.2 Å². The van der Waals surface area contributed by atoms with Crippen LogP contribution >= 0.6 is 0 Å². The Kier molecular flexibility index (Phi) is 5.18. The Morgan fingerprint density at radius 3 is 2.62 bits per heavy atom. The van der Waals surface area contributed by atoms with Crippen LogP contribution in [-0.4, -0.2) is 63.6 Å². The number of aliphatic hydroxyl groups is 4. The molecule has 0 bridgehead atoms. The van der Waals surface area contributed by atoms with Gasteiger partial charge in [0.1, 0.15) is 23.9 Å². The molecule has 1 aliphatic heterocycles. The van der Waals surface area contributed by atoms with Crippen molar-refractivity contribution >= 4 is 5.69 Å². The van der Waals surface area contributed by atoms with Crippen molar-refractivity contribution in [3.63, 3.8) is 0 Å². The largest absolute Gasteiger partial charge is 0.394 e. The molecule has 1 aromatic rings. The average Bonchev–Trinajstić information content (AvgIpc) is 2.46. The molecular weight excluding hydrogens is 274 g/mol. The number of rotatable bonds is 5. The van der Waals surface area contributed by atoms with Gasteiger partial charge in [0.2, 0.25) is 0 Å². The van der Waals surface area contributed by atoms with Gasteiger partial charge in [0.25, 0.3) is 0 Å². The van der Waals surface area contributed by atoms with Gasteiger partial charge in [-0.3, -0.25) is 0 Å². The predicted molar refractivity (Wildman–Crippen MR) is 77.9 cm³/mol. The Hall–Kier alpha value is -1.18. The summed E-state index contributed by atoms with van der Waals surface area (Å²) in [5, 5.41) is 43.0. The molecule has 1 unspecified atom stereocenters. The van der Waals surface area contributed by atoms with Crippen molar-refractivity contribution in [1.29, 1.82) is 0 Å². The molecule has 21 heavy (non-hydrogen) atoms. The van der Waals surface area contributed by atoms with Crippen LogP contribution in [0.1, 0.15) is 13.3 Å². The minimum Gasteiger partial charge on any atom is -0.394 e. The molecule has 1 aromatic carbocycles. The Morgan fingerprint density at radius 1 is 1.33 bits per heavy atom. The van der Waals surface area contributed by atoms with Crippen molar-refractivity contribution in [3.05, 3.63) is 30.3 Å². The monoisotopic (exact) mass is 297 g/mol. The maximum absolute atomic E-state index is 10.7. The van der Waals surface area contributed by atoms with E-state index in [-0.39, 0.29) is 19.1 Å². The Balaban J connectivity index is 2.06. The normalized spacial score (nSPS) is 34.4. The molecule has 118 valence electrons. The maximum Gasteiger partial charge on any atom is 0.123 e. The Bertz CT molecular complexity index is 439. The summed E-state index contributed by atoms with van der Waals surface area (Å²) in [6, 6.07) is 9.29. The highest BCUT2D eigenvalue weighted by atomic mass is 16.5. The van der Waals surface area contributed by atoms with Crippen molar-refractivity contribution in [3.8, 4) is 0 Å². The molecule has 5 N–H and O–H groups in total. The summed E-state index contributed by atoms with van der Waals surface area (Å²) >= 11 is 0. The SMILES string of the molecule is CC(C[C@]1(O)[C@H](O)[C@@H](O)CO[C@@H]1CO)Nc1ccccc1. The zero-order valence-electron chi connectivity index (χ0n) is 12.0. The summed E-state index contributed by atoms with van der Waals surface area (Å²) in [5.74, 6) is 0. The summed E-state index contributed by atoms with van der Waals surface area (Å²) in [5.41, 5.74) is -0.811.